The number of alkyl halides is 6. The summed E-state index contributed by atoms with van der Waals surface area (Å²) in [7, 11) is 0.944. The van der Waals surface area contributed by atoms with Crippen LogP contribution in [0.3, 0.4) is 0 Å². The van der Waals surface area contributed by atoms with Gasteiger partial charge in [0, 0.05) is 12.5 Å². The maximum absolute atomic E-state index is 14.1. The van der Waals surface area contributed by atoms with E-state index in [0.29, 0.717) is 25.1 Å². The van der Waals surface area contributed by atoms with Crippen LogP contribution in [-0.2, 0) is 29.5 Å². The molecule has 1 aromatic carbocycles. The molecule has 1 rings (SSSR count). The zero-order valence-electron chi connectivity index (χ0n) is 18.3. The number of hydrogen-bond donors (Lipinski definition) is 3. The standard InChI is InChI=1S/C19H22F6N2O7/c1-5-33-14(29)16(31,18(20,21)22)11-7-8-13(32-4)12(9-11)27-17(19(23,24)25,26-10(3)28)15(30)34-6-2/h7-9,27,31H,5-6H2,1-4H3,(H,26,28)/t16-,17-/m1/s1. The number of benzene rings is 1. The Morgan fingerprint density at radius 3 is 1.88 bits per heavy atom. The highest BCUT2D eigenvalue weighted by atomic mass is 19.4. The number of amides is 1. The summed E-state index contributed by atoms with van der Waals surface area (Å²) in [6.07, 6.45) is -11.3. The molecule has 1 aromatic rings. The monoisotopic (exact) mass is 504 g/mol. The third kappa shape index (κ3) is 5.46. The van der Waals surface area contributed by atoms with Crippen LogP contribution in [0.5, 0.6) is 5.75 Å². The number of aliphatic hydroxyl groups is 1. The van der Waals surface area contributed by atoms with E-state index in [2.05, 4.69) is 9.47 Å². The molecule has 3 N–H and O–H groups in total. The van der Waals surface area contributed by atoms with E-state index in [1.54, 1.807) is 5.32 Å². The number of esters is 2. The molecule has 0 fully saturated rings. The van der Waals surface area contributed by atoms with Gasteiger partial charge in [-0.2, -0.15) is 26.3 Å². The molecule has 0 aliphatic carbocycles. The molecule has 15 heteroatoms. The minimum Gasteiger partial charge on any atom is -0.495 e. The second kappa shape index (κ2) is 10.4. The Hall–Kier alpha value is -3.23. The van der Waals surface area contributed by atoms with Crippen LogP contribution in [-0.4, -0.2) is 61.3 Å². The molecule has 0 spiro atoms. The van der Waals surface area contributed by atoms with E-state index in [1.165, 1.54) is 19.2 Å². The van der Waals surface area contributed by atoms with Crippen molar-refractivity contribution in [3.63, 3.8) is 0 Å². The smallest absolute Gasteiger partial charge is 0.441 e. The number of rotatable bonds is 9. The molecule has 0 bridgehead atoms. The third-order valence-corrected chi connectivity index (χ3v) is 4.29. The van der Waals surface area contributed by atoms with Crippen molar-refractivity contribution in [2.24, 2.45) is 0 Å². The van der Waals surface area contributed by atoms with Crippen molar-refractivity contribution in [1.29, 1.82) is 0 Å². The number of carbonyl (C=O) groups is 3. The summed E-state index contributed by atoms with van der Waals surface area (Å²) in [6.45, 7) is 1.89. The molecule has 1 amide bonds. The van der Waals surface area contributed by atoms with Gasteiger partial charge in [0.05, 0.1) is 26.0 Å². The highest BCUT2D eigenvalue weighted by molar-refractivity contribution is 5.91. The molecular weight excluding hydrogens is 482 g/mol. The summed E-state index contributed by atoms with van der Waals surface area (Å²) in [5.74, 6) is -6.08. The molecule has 0 aliphatic rings. The zero-order chi connectivity index (χ0) is 26.5. The van der Waals surface area contributed by atoms with Crippen molar-refractivity contribution >= 4 is 23.5 Å². The predicted octanol–water partition coefficient (Wildman–Crippen LogP) is 2.38. The van der Waals surface area contributed by atoms with Gasteiger partial charge in [0.15, 0.2) is 0 Å². The molecule has 0 aliphatic heterocycles. The van der Waals surface area contributed by atoms with Crippen LogP contribution in [0.1, 0.15) is 26.3 Å². The second-order valence-corrected chi connectivity index (χ2v) is 6.62. The van der Waals surface area contributed by atoms with Crippen LogP contribution >= 0.6 is 0 Å². The lowest BCUT2D eigenvalue weighted by Crippen LogP contribution is -2.69. The molecule has 192 valence electrons. The summed E-state index contributed by atoms with van der Waals surface area (Å²) in [5, 5.41) is 13.2. The topological polar surface area (TPSA) is 123 Å². The molecule has 34 heavy (non-hydrogen) atoms. The Morgan fingerprint density at radius 2 is 1.47 bits per heavy atom. The Kier molecular flexibility index (Phi) is 8.78. The number of halogens is 6. The van der Waals surface area contributed by atoms with Crippen molar-refractivity contribution < 1.29 is 60.0 Å². The van der Waals surface area contributed by atoms with Gasteiger partial charge in [0.25, 0.3) is 5.60 Å². The number of nitrogens with one attached hydrogen (secondary N) is 2. The first-order valence-electron chi connectivity index (χ1n) is 9.47. The number of ether oxygens (including phenoxy) is 3. The van der Waals surface area contributed by atoms with Crippen LogP contribution < -0.4 is 15.4 Å². The van der Waals surface area contributed by atoms with Crippen LogP contribution in [0.2, 0.25) is 0 Å². The van der Waals surface area contributed by atoms with Gasteiger partial charge in [-0.25, -0.2) is 9.59 Å². The average Bonchev–Trinajstić information content (AvgIpc) is 2.70. The fourth-order valence-electron chi connectivity index (χ4n) is 2.76. The summed E-state index contributed by atoms with van der Waals surface area (Å²) in [6, 6.07) is 1.56. The normalized spacial score (nSPS) is 15.4. The Bertz CT molecular complexity index is 921. The summed E-state index contributed by atoms with van der Waals surface area (Å²) in [4.78, 5) is 35.9. The molecule has 0 aromatic heterocycles. The Morgan fingerprint density at radius 1 is 0.941 bits per heavy atom. The van der Waals surface area contributed by atoms with Gasteiger partial charge < -0.3 is 30.0 Å². The van der Waals surface area contributed by atoms with Gasteiger partial charge in [-0.3, -0.25) is 4.79 Å². The third-order valence-electron chi connectivity index (χ3n) is 4.29. The van der Waals surface area contributed by atoms with Gasteiger partial charge >= 0.3 is 30.0 Å². The van der Waals surface area contributed by atoms with Gasteiger partial charge in [-0.05, 0) is 26.0 Å². The van der Waals surface area contributed by atoms with E-state index in [1.807, 2.05) is 0 Å². The molecule has 0 heterocycles. The van der Waals surface area contributed by atoms with E-state index in [0.717, 1.165) is 7.11 Å². The summed E-state index contributed by atoms with van der Waals surface area (Å²) >= 11 is 0. The van der Waals surface area contributed by atoms with Crippen molar-refractivity contribution in [1.82, 2.24) is 5.32 Å². The molecule has 2 atom stereocenters. The zero-order valence-corrected chi connectivity index (χ0v) is 18.3. The van der Waals surface area contributed by atoms with E-state index < -0.39 is 71.7 Å². The first-order chi connectivity index (χ1) is 15.5. The van der Waals surface area contributed by atoms with Gasteiger partial charge in [-0.15, -0.1) is 0 Å². The van der Waals surface area contributed by atoms with Crippen LogP contribution in [0.25, 0.3) is 0 Å². The predicted molar refractivity (Wildman–Crippen MR) is 102 cm³/mol. The van der Waals surface area contributed by atoms with Crippen LogP contribution in [0.15, 0.2) is 18.2 Å². The number of carbonyl (C=O) groups excluding carboxylic acids is 3. The SMILES string of the molecule is CCOC(=O)[C@@](NC(C)=O)(Nc1cc([C@@](O)(C(=O)OCC)C(F)(F)F)ccc1OC)C(F)(F)F. The first kappa shape index (κ1) is 28.8. The Labute approximate surface area is 189 Å². The van der Waals surface area contributed by atoms with Crippen molar-refractivity contribution in [3.05, 3.63) is 23.8 Å². The minimum atomic E-state index is -5.66. The second-order valence-electron chi connectivity index (χ2n) is 6.62. The maximum atomic E-state index is 14.1. The molecule has 9 nitrogen and oxygen atoms in total. The Balaban J connectivity index is 3.86. The molecule has 0 saturated heterocycles. The van der Waals surface area contributed by atoms with Crippen molar-refractivity contribution in [2.45, 2.75) is 44.4 Å². The van der Waals surface area contributed by atoms with Crippen LogP contribution in [0.4, 0.5) is 32.0 Å². The lowest BCUT2D eigenvalue weighted by Gasteiger charge is -2.36. The highest BCUT2D eigenvalue weighted by Gasteiger charge is 2.65. The first-order valence-corrected chi connectivity index (χ1v) is 9.47. The van der Waals surface area contributed by atoms with Crippen molar-refractivity contribution in [3.8, 4) is 5.75 Å². The molecular formula is C19H22F6N2O7. The van der Waals surface area contributed by atoms with E-state index >= 15 is 0 Å². The van der Waals surface area contributed by atoms with E-state index in [9.17, 15) is 45.8 Å². The molecule has 0 unspecified atom stereocenters. The number of hydrogen-bond acceptors (Lipinski definition) is 8. The lowest BCUT2D eigenvalue weighted by molar-refractivity contribution is -0.267. The van der Waals surface area contributed by atoms with E-state index in [-0.39, 0.29) is 0 Å². The molecule has 0 saturated carbocycles. The van der Waals surface area contributed by atoms with Crippen LogP contribution in [0, 0.1) is 0 Å². The fourth-order valence-corrected chi connectivity index (χ4v) is 2.76. The maximum Gasteiger partial charge on any atom is 0.441 e. The average molecular weight is 504 g/mol. The van der Waals surface area contributed by atoms with Gasteiger partial charge in [0.2, 0.25) is 5.91 Å². The largest absolute Gasteiger partial charge is 0.495 e. The minimum absolute atomic E-state index is 0.296. The van der Waals surface area contributed by atoms with Gasteiger partial charge in [0.1, 0.15) is 5.75 Å². The fraction of sp³-hybridized carbons (Fsp3) is 0.526. The molecule has 0 radical (unpaired) electrons. The van der Waals surface area contributed by atoms with Gasteiger partial charge in [-0.1, -0.05) is 6.07 Å². The summed E-state index contributed by atoms with van der Waals surface area (Å²) < 4.78 is 96.8. The van der Waals surface area contributed by atoms with Crippen molar-refractivity contribution in [2.75, 3.05) is 25.6 Å². The van der Waals surface area contributed by atoms with E-state index in [4.69, 9.17) is 4.74 Å². The number of anilines is 1. The summed E-state index contributed by atoms with van der Waals surface area (Å²) in [5.41, 5.74) is -10.5. The number of methoxy groups -OCH3 is 1. The quantitative estimate of drug-likeness (QED) is 0.266. The highest BCUT2D eigenvalue weighted by Crippen LogP contribution is 2.43. The lowest BCUT2D eigenvalue weighted by atomic mass is 9.92.